The van der Waals surface area contributed by atoms with Crippen LogP contribution < -0.4 is 5.32 Å². The minimum atomic E-state index is 0.535. The SMILES string of the molecule is CCCNCC1(CN2CCC(COC)C2)CCCCCC1. The van der Waals surface area contributed by atoms with Crippen molar-refractivity contribution in [2.75, 3.05) is 46.4 Å². The van der Waals surface area contributed by atoms with E-state index in [1.807, 2.05) is 7.11 Å². The van der Waals surface area contributed by atoms with E-state index in [0.717, 1.165) is 12.5 Å². The Morgan fingerprint density at radius 1 is 1.19 bits per heavy atom. The smallest absolute Gasteiger partial charge is 0.0503 e. The predicted octanol–water partition coefficient (Wildman–Crippen LogP) is 3.29. The summed E-state index contributed by atoms with van der Waals surface area (Å²) in [5, 5.41) is 3.73. The lowest BCUT2D eigenvalue weighted by molar-refractivity contribution is 0.126. The standard InChI is InChI=1S/C18H36N2O/c1-3-11-19-15-18(9-6-4-5-7-10-18)16-20-12-8-17(13-20)14-21-2/h17,19H,3-16H2,1-2H3. The molecular formula is C18H36N2O. The van der Waals surface area contributed by atoms with Gasteiger partial charge in [0.1, 0.15) is 0 Å². The van der Waals surface area contributed by atoms with Crippen molar-refractivity contribution in [2.24, 2.45) is 11.3 Å². The first-order valence-corrected chi connectivity index (χ1v) is 9.20. The van der Waals surface area contributed by atoms with E-state index in [9.17, 15) is 0 Å². The van der Waals surface area contributed by atoms with Crippen LogP contribution in [0.3, 0.4) is 0 Å². The fourth-order valence-electron chi connectivity index (χ4n) is 4.30. The van der Waals surface area contributed by atoms with Crippen LogP contribution in [0.4, 0.5) is 0 Å². The number of ether oxygens (including phenoxy) is 1. The summed E-state index contributed by atoms with van der Waals surface area (Å²) in [6.07, 6.45) is 11.2. The van der Waals surface area contributed by atoms with Gasteiger partial charge in [-0.25, -0.2) is 0 Å². The normalized spacial score (nSPS) is 26.9. The average molecular weight is 296 g/mol. The molecule has 0 spiro atoms. The molecule has 3 nitrogen and oxygen atoms in total. The van der Waals surface area contributed by atoms with Crippen LogP contribution in [0.2, 0.25) is 0 Å². The van der Waals surface area contributed by atoms with Crippen molar-refractivity contribution in [3.05, 3.63) is 0 Å². The lowest BCUT2D eigenvalue weighted by Gasteiger charge is -2.37. The summed E-state index contributed by atoms with van der Waals surface area (Å²) in [5.74, 6) is 0.765. The van der Waals surface area contributed by atoms with E-state index in [0.29, 0.717) is 5.41 Å². The summed E-state index contributed by atoms with van der Waals surface area (Å²) in [7, 11) is 1.84. The Morgan fingerprint density at radius 2 is 1.95 bits per heavy atom. The van der Waals surface area contributed by atoms with Crippen LogP contribution in [0.5, 0.6) is 0 Å². The van der Waals surface area contributed by atoms with Crippen LogP contribution in [-0.2, 0) is 4.74 Å². The van der Waals surface area contributed by atoms with Gasteiger partial charge < -0.3 is 15.0 Å². The first-order chi connectivity index (χ1) is 10.3. The van der Waals surface area contributed by atoms with E-state index in [-0.39, 0.29) is 0 Å². The predicted molar refractivity (Wildman–Crippen MR) is 89.7 cm³/mol. The third-order valence-electron chi connectivity index (χ3n) is 5.42. The number of likely N-dealkylation sites (tertiary alicyclic amines) is 1. The number of hydrogen-bond acceptors (Lipinski definition) is 3. The minimum Gasteiger partial charge on any atom is -0.384 e. The van der Waals surface area contributed by atoms with Crippen LogP contribution >= 0.6 is 0 Å². The summed E-state index contributed by atoms with van der Waals surface area (Å²) < 4.78 is 5.35. The molecule has 0 aromatic rings. The second-order valence-electron chi connectivity index (χ2n) is 7.44. The van der Waals surface area contributed by atoms with Gasteiger partial charge in [0.15, 0.2) is 0 Å². The van der Waals surface area contributed by atoms with Crippen molar-refractivity contribution in [1.29, 1.82) is 0 Å². The third kappa shape index (κ3) is 5.54. The summed E-state index contributed by atoms with van der Waals surface area (Å²) in [5.41, 5.74) is 0.535. The van der Waals surface area contributed by atoms with Crippen molar-refractivity contribution in [3.63, 3.8) is 0 Å². The Balaban J connectivity index is 1.88. The molecule has 1 saturated carbocycles. The monoisotopic (exact) mass is 296 g/mol. The van der Waals surface area contributed by atoms with Crippen molar-refractivity contribution in [3.8, 4) is 0 Å². The van der Waals surface area contributed by atoms with E-state index >= 15 is 0 Å². The fraction of sp³-hybridized carbons (Fsp3) is 1.00. The van der Waals surface area contributed by atoms with Gasteiger partial charge in [-0.1, -0.05) is 32.6 Å². The van der Waals surface area contributed by atoms with Gasteiger partial charge in [0.25, 0.3) is 0 Å². The van der Waals surface area contributed by atoms with Gasteiger partial charge in [0.05, 0.1) is 6.61 Å². The van der Waals surface area contributed by atoms with Gasteiger partial charge in [-0.05, 0) is 50.1 Å². The minimum absolute atomic E-state index is 0.535. The molecule has 0 amide bonds. The first-order valence-electron chi connectivity index (χ1n) is 9.20. The zero-order chi connectivity index (χ0) is 15.0. The van der Waals surface area contributed by atoms with Crippen LogP contribution in [0.1, 0.15) is 58.3 Å². The van der Waals surface area contributed by atoms with Crippen molar-refractivity contribution in [1.82, 2.24) is 10.2 Å². The number of nitrogens with one attached hydrogen (secondary N) is 1. The highest BCUT2D eigenvalue weighted by Crippen LogP contribution is 2.36. The molecule has 1 N–H and O–H groups in total. The molecule has 1 unspecified atom stereocenters. The Bertz CT molecular complexity index is 274. The molecule has 3 heteroatoms. The van der Waals surface area contributed by atoms with E-state index in [4.69, 9.17) is 4.74 Å². The second kappa shape index (κ2) is 9.12. The van der Waals surface area contributed by atoms with Gasteiger partial charge in [-0.2, -0.15) is 0 Å². The van der Waals surface area contributed by atoms with Crippen LogP contribution in [0.15, 0.2) is 0 Å². The molecule has 0 radical (unpaired) electrons. The van der Waals surface area contributed by atoms with Crippen molar-refractivity contribution in [2.45, 2.75) is 58.3 Å². The van der Waals surface area contributed by atoms with Crippen LogP contribution in [-0.4, -0.2) is 51.3 Å². The Hall–Kier alpha value is -0.120. The molecule has 1 aliphatic heterocycles. The largest absolute Gasteiger partial charge is 0.384 e. The topological polar surface area (TPSA) is 24.5 Å². The molecule has 124 valence electrons. The lowest BCUT2D eigenvalue weighted by Crippen LogP contribution is -2.43. The zero-order valence-corrected chi connectivity index (χ0v) is 14.3. The van der Waals surface area contributed by atoms with Gasteiger partial charge in [0.2, 0.25) is 0 Å². The first kappa shape index (κ1) is 17.2. The number of methoxy groups -OCH3 is 1. The number of rotatable bonds is 8. The maximum absolute atomic E-state index is 5.35. The summed E-state index contributed by atoms with van der Waals surface area (Å²) >= 11 is 0. The Kier molecular flexibility index (Phi) is 7.48. The van der Waals surface area contributed by atoms with E-state index in [1.54, 1.807) is 0 Å². The van der Waals surface area contributed by atoms with E-state index in [1.165, 1.54) is 84.1 Å². The summed E-state index contributed by atoms with van der Waals surface area (Å²) in [4.78, 5) is 2.72. The third-order valence-corrected chi connectivity index (χ3v) is 5.42. The Labute approximate surface area is 131 Å². The quantitative estimate of drug-likeness (QED) is 0.549. The summed E-state index contributed by atoms with van der Waals surface area (Å²) in [6, 6.07) is 0. The van der Waals surface area contributed by atoms with Gasteiger partial charge >= 0.3 is 0 Å². The van der Waals surface area contributed by atoms with Gasteiger partial charge in [-0.3, -0.25) is 0 Å². The molecule has 0 aromatic heterocycles. The highest BCUT2D eigenvalue weighted by Gasteiger charge is 2.34. The lowest BCUT2D eigenvalue weighted by atomic mass is 9.79. The van der Waals surface area contributed by atoms with Crippen LogP contribution in [0, 0.1) is 11.3 Å². The molecule has 21 heavy (non-hydrogen) atoms. The molecular weight excluding hydrogens is 260 g/mol. The highest BCUT2D eigenvalue weighted by molar-refractivity contribution is 4.89. The average Bonchev–Trinajstić information content (AvgIpc) is 2.77. The zero-order valence-electron chi connectivity index (χ0n) is 14.3. The molecule has 0 aromatic carbocycles. The molecule has 1 atom stereocenters. The highest BCUT2D eigenvalue weighted by atomic mass is 16.5. The maximum atomic E-state index is 5.35. The fourth-order valence-corrected chi connectivity index (χ4v) is 4.30. The van der Waals surface area contributed by atoms with Crippen molar-refractivity contribution >= 4 is 0 Å². The molecule has 1 heterocycles. The Morgan fingerprint density at radius 3 is 2.62 bits per heavy atom. The van der Waals surface area contributed by atoms with E-state index < -0.39 is 0 Å². The summed E-state index contributed by atoms with van der Waals surface area (Å²) in [6.45, 7) is 9.46. The van der Waals surface area contributed by atoms with E-state index in [2.05, 4.69) is 17.1 Å². The molecule has 1 saturated heterocycles. The molecule has 1 aliphatic carbocycles. The van der Waals surface area contributed by atoms with Gasteiger partial charge in [-0.15, -0.1) is 0 Å². The maximum Gasteiger partial charge on any atom is 0.0503 e. The molecule has 0 bridgehead atoms. The van der Waals surface area contributed by atoms with Crippen molar-refractivity contribution < 1.29 is 4.74 Å². The molecule has 2 aliphatic rings. The molecule has 2 rings (SSSR count). The number of hydrogen-bond donors (Lipinski definition) is 1. The van der Waals surface area contributed by atoms with Crippen LogP contribution in [0.25, 0.3) is 0 Å². The van der Waals surface area contributed by atoms with Gasteiger partial charge in [0, 0.05) is 26.7 Å². The molecule has 2 fully saturated rings. The second-order valence-corrected chi connectivity index (χ2v) is 7.44. The number of nitrogens with zero attached hydrogens (tertiary/aromatic N) is 1.